The summed E-state index contributed by atoms with van der Waals surface area (Å²) < 4.78 is 26.7. The van der Waals surface area contributed by atoms with Crippen LogP contribution in [0.25, 0.3) is 0 Å². The lowest BCUT2D eigenvalue weighted by molar-refractivity contribution is 0.304. The predicted octanol–water partition coefficient (Wildman–Crippen LogP) is 7.82. The van der Waals surface area contributed by atoms with Crippen LogP contribution in [0, 0.1) is 6.92 Å². The van der Waals surface area contributed by atoms with E-state index in [1.54, 1.807) is 12.1 Å². The van der Waals surface area contributed by atoms with Gasteiger partial charge in [-0.25, -0.2) is 0 Å². The van der Waals surface area contributed by atoms with Crippen molar-refractivity contribution < 1.29 is 13.1 Å². The predicted molar refractivity (Wildman–Crippen MR) is 146 cm³/mol. The highest BCUT2D eigenvalue weighted by molar-refractivity contribution is 7.82. The lowest BCUT2D eigenvalue weighted by atomic mass is 10.1. The summed E-state index contributed by atoms with van der Waals surface area (Å²) in [4.78, 5) is 2.16. The van der Waals surface area contributed by atoms with Gasteiger partial charge in [0.1, 0.15) is 11.5 Å². The standard InChI is InChI=1S/C28H44N2O3S/c1-5-7-8-9-10-11-12-13-14-15-22-32-26-17-19-27(20-18-26)33-34(31)29-28-21-16-25(23-24(28)3)30(4)6-2/h16-21,23,29H,5-15,22H2,1-4H3. The van der Waals surface area contributed by atoms with Crippen LogP contribution < -0.4 is 18.5 Å². The van der Waals surface area contributed by atoms with Gasteiger partial charge in [0.2, 0.25) is 0 Å². The molecule has 0 spiro atoms. The lowest BCUT2D eigenvalue weighted by Crippen LogP contribution is -2.16. The van der Waals surface area contributed by atoms with E-state index < -0.39 is 11.3 Å². The summed E-state index contributed by atoms with van der Waals surface area (Å²) in [6.07, 6.45) is 13.2. The zero-order valence-electron chi connectivity index (χ0n) is 21.6. The molecule has 0 aromatic heterocycles. The van der Waals surface area contributed by atoms with Gasteiger partial charge in [-0.15, -0.1) is 0 Å². The Morgan fingerprint density at radius 2 is 1.41 bits per heavy atom. The first-order chi connectivity index (χ1) is 16.5. The Bertz CT molecular complexity index is 842. The second-order valence-corrected chi connectivity index (χ2v) is 9.78. The Balaban J connectivity index is 1.63. The van der Waals surface area contributed by atoms with E-state index in [9.17, 15) is 4.21 Å². The largest absolute Gasteiger partial charge is 0.494 e. The molecule has 0 saturated heterocycles. The molecule has 5 nitrogen and oxygen atoms in total. The molecule has 0 saturated carbocycles. The highest BCUT2D eigenvalue weighted by Gasteiger charge is 2.08. The summed E-state index contributed by atoms with van der Waals surface area (Å²) in [5, 5.41) is 0. The summed E-state index contributed by atoms with van der Waals surface area (Å²) in [6, 6.07) is 13.3. The lowest BCUT2D eigenvalue weighted by Gasteiger charge is -2.18. The summed E-state index contributed by atoms with van der Waals surface area (Å²) >= 11 is -1.68. The molecule has 2 rings (SSSR count). The first-order valence-electron chi connectivity index (χ1n) is 12.9. The van der Waals surface area contributed by atoms with Gasteiger partial charge < -0.3 is 13.8 Å². The van der Waals surface area contributed by atoms with Gasteiger partial charge in [-0.1, -0.05) is 64.7 Å². The third-order valence-electron chi connectivity index (χ3n) is 6.08. The van der Waals surface area contributed by atoms with E-state index in [1.807, 2.05) is 38.2 Å². The van der Waals surface area contributed by atoms with Crippen LogP contribution in [-0.4, -0.2) is 24.4 Å². The Hall–Kier alpha value is -2.21. The maximum absolute atomic E-state index is 12.4. The minimum absolute atomic E-state index is 0.539. The Morgan fingerprint density at radius 3 is 2.00 bits per heavy atom. The van der Waals surface area contributed by atoms with E-state index in [4.69, 9.17) is 8.92 Å². The molecular weight excluding hydrogens is 444 g/mol. The van der Waals surface area contributed by atoms with E-state index in [0.29, 0.717) is 5.75 Å². The summed E-state index contributed by atoms with van der Waals surface area (Å²) in [7, 11) is 2.05. The maximum Gasteiger partial charge on any atom is 0.316 e. The number of hydrogen-bond donors (Lipinski definition) is 1. The fourth-order valence-electron chi connectivity index (χ4n) is 3.75. The zero-order chi connectivity index (χ0) is 24.6. The van der Waals surface area contributed by atoms with Gasteiger partial charge in [-0.3, -0.25) is 4.72 Å². The first kappa shape index (κ1) is 28.0. The molecule has 0 radical (unpaired) electrons. The average Bonchev–Trinajstić information content (AvgIpc) is 2.84. The molecule has 2 aromatic rings. The molecule has 0 aliphatic rings. The first-order valence-corrected chi connectivity index (χ1v) is 14.0. The number of nitrogens with one attached hydrogen (secondary N) is 1. The van der Waals surface area contributed by atoms with Gasteiger partial charge in [-0.05, 0) is 68.3 Å². The van der Waals surface area contributed by atoms with Crippen LogP contribution in [0.4, 0.5) is 11.4 Å². The van der Waals surface area contributed by atoms with Crippen molar-refractivity contribution in [1.82, 2.24) is 0 Å². The van der Waals surface area contributed by atoms with Crippen LogP contribution in [0.15, 0.2) is 42.5 Å². The molecule has 1 unspecified atom stereocenters. The number of unbranched alkanes of at least 4 members (excludes halogenated alkanes) is 9. The van der Waals surface area contributed by atoms with Crippen LogP contribution in [-0.2, 0) is 11.3 Å². The molecule has 0 heterocycles. The van der Waals surface area contributed by atoms with Crippen molar-refractivity contribution in [3.63, 3.8) is 0 Å². The van der Waals surface area contributed by atoms with E-state index >= 15 is 0 Å². The Morgan fingerprint density at radius 1 is 0.824 bits per heavy atom. The molecule has 0 amide bonds. The van der Waals surface area contributed by atoms with Crippen LogP contribution in [0.3, 0.4) is 0 Å². The van der Waals surface area contributed by atoms with Gasteiger partial charge in [0, 0.05) is 19.3 Å². The Kier molecular flexibility index (Phi) is 13.5. The number of anilines is 2. The van der Waals surface area contributed by atoms with Gasteiger partial charge in [0.05, 0.1) is 12.3 Å². The quantitative estimate of drug-likeness (QED) is 0.217. The molecule has 0 aliphatic carbocycles. The molecule has 0 bridgehead atoms. The van der Waals surface area contributed by atoms with Gasteiger partial charge in [0.25, 0.3) is 0 Å². The molecule has 2 aromatic carbocycles. The number of hydrogen-bond acceptors (Lipinski definition) is 4. The second kappa shape index (κ2) is 16.4. The molecule has 1 N–H and O–H groups in total. The number of ether oxygens (including phenoxy) is 1. The second-order valence-electron chi connectivity index (χ2n) is 8.94. The number of rotatable bonds is 18. The van der Waals surface area contributed by atoms with Crippen LogP contribution in [0.1, 0.15) is 83.6 Å². The van der Waals surface area contributed by atoms with Crippen molar-refractivity contribution in [2.24, 2.45) is 0 Å². The van der Waals surface area contributed by atoms with Crippen molar-refractivity contribution in [2.75, 3.05) is 29.8 Å². The van der Waals surface area contributed by atoms with E-state index in [1.165, 1.54) is 57.8 Å². The van der Waals surface area contributed by atoms with Crippen molar-refractivity contribution in [3.05, 3.63) is 48.0 Å². The molecule has 0 fully saturated rings. The van der Waals surface area contributed by atoms with E-state index in [2.05, 4.69) is 29.5 Å². The van der Waals surface area contributed by atoms with Crippen molar-refractivity contribution in [1.29, 1.82) is 0 Å². The maximum atomic E-state index is 12.4. The summed E-state index contributed by atoms with van der Waals surface area (Å²) in [5.74, 6) is 1.35. The number of aryl methyl sites for hydroxylation is 1. The van der Waals surface area contributed by atoms with Gasteiger partial charge in [0.15, 0.2) is 0 Å². The SMILES string of the molecule is CCCCCCCCCCCCOc1ccc(OS(=O)Nc2ccc(N(C)CC)cc2C)cc1. The minimum atomic E-state index is -1.68. The third kappa shape index (κ3) is 10.8. The molecule has 6 heteroatoms. The summed E-state index contributed by atoms with van der Waals surface area (Å²) in [6.45, 7) is 8.03. The smallest absolute Gasteiger partial charge is 0.316 e. The van der Waals surface area contributed by atoms with Crippen molar-refractivity contribution in [3.8, 4) is 11.5 Å². The minimum Gasteiger partial charge on any atom is -0.494 e. The molecule has 34 heavy (non-hydrogen) atoms. The van der Waals surface area contributed by atoms with E-state index in [0.717, 1.165) is 42.3 Å². The monoisotopic (exact) mass is 488 g/mol. The molecule has 1 atom stereocenters. The van der Waals surface area contributed by atoms with Crippen molar-refractivity contribution >= 4 is 22.6 Å². The van der Waals surface area contributed by atoms with E-state index in [-0.39, 0.29) is 0 Å². The normalized spacial score (nSPS) is 11.8. The van der Waals surface area contributed by atoms with Crippen LogP contribution in [0.5, 0.6) is 11.5 Å². The van der Waals surface area contributed by atoms with Crippen LogP contribution >= 0.6 is 0 Å². The van der Waals surface area contributed by atoms with Gasteiger partial charge in [-0.2, -0.15) is 4.21 Å². The Labute approximate surface area is 210 Å². The number of benzene rings is 2. The summed E-state index contributed by atoms with van der Waals surface area (Å²) in [5.41, 5.74) is 2.94. The third-order valence-corrected chi connectivity index (χ3v) is 6.81. The highest BCUT2D eigenvalue weighted by atomic mass is 32.2. The molecular formula is C28H44N2O3S. The number of nitrogens with zero attached hydrogens (tertiary/aromatic N) is 1. The molecule has 190 valence electrons. The fraction of sp³-hybridized carbons (Fsp3) is 0.571. The van der Waals surface area contributed by atoms with Gasteiger partial charge >= 0.3 is 11.3 Å². The molecule has 0 aliphatic heterocycles. The average molecular weight is 489 g/mol. The topological polar surface area (TPSA) is 50.8 Å². The zero-order valence-corrected chi connectivity index (χ0v) is 22.4. The fourth-order valence-corrected chi connectivity index (χ4v) is 4.49. The van der Waals surface area contributed by atoms with Crippen LogP contribution in [0.2, 0.25) is 0 Å². The van der Waals surface area contributed by atoms with Crippen molar-refractivity contribution in [2.45, 2.75) is 85.0 Å². The highest BCUT2D eigenvalue weighted by Crippen LogP contribution is 2.24.